The molecule has 4 rings (SSSR count). The van der Waals surface area contributed by atoms with E-state index in [4.69, 9.17) is 16.3 Å². The molecule has 0 bridgehead atoms. The maximum atomic E-state index is 12.3. The fourth-order valence-corrected chi connectivity index (χ4v) is 5.76. The molecule has 1 aliphatic heterocycles. The van der Waals surface area contributed by atoms with Gasteiger partial charge in [-0.1, -0.05) is 24.4 Å². The second-order valence-corrected chi connectivity index (χ2v) is 9.90. The Labute approximate surface area is 194 Å². The van der Waals surface area contributed by atoms with E-state index < -0.39 is 17.5 Å². The number of pyridine rings is 1. The molecule has 174 valence electrons. The van der Waals surface area contributed by atoms with Gasteiger partial charge in [0.1, 0.15) is 5.75 Å². The summed E-state index contributed by atoms with van der Waals surface area (Å²) >= 11 is 6.43. The van der Waals surface area contributed by atoms with Crippen LogP contribution in [0.2, 0.25) is 5.02 Å². The molecule has 2 N–H and O–H groups in total. The molecule has 7 heteroatoms. The Morgan fingerprint density at radius 2 is 2.03 bits per heavy atom. The summed E-state index contributed by atoms with van der Waals surface area (Å²) in [6.45, 7) is 2.73. The Hall–Kier alpha value is -1.89. The van der Waals surface area contributed by atoms with Crippen LogP contribution in [-0.2, 0) is 4.79 Å². The highest BCUT2D eigenvalue weighted by Gasteiger charge is 2.42. The summed E-state index contributed by atoms with van der Waals surface area (Å²) in [4.78, 5) is 19.1. The van der Waals surface area contributed by atoms with Crippen LogP contribution in [0.25, 0.3) is 10.9 Å². The van der Waals surface area contributed by atoms with Crippen LogP contribution in [0.4, 0.5) is 0 Å². The Kier molecular flexibility index (Phi) is 7.23. The third-order valence-electron chi connectivity index (χ3n) is 7.56. The van der Waals surface area contributed by atoms with Gasteiger partial charge in [0.2, 0.25) is 0 Å². The van der Waals surface area contributed by atoms with Crippen molar-refractivity contribution in [2.24, 2.45) is 11.3 Å². The maximum absolute atomic E-state index is 12.3. The molecule has 0 spiro atoms. The van der Waals surface area contributed by atoms with E-state index in [0.717, 1.165) is 36.5 Å². The highest BCUT2D eigenvalue weighted by molar-refractivity contribution is 6.32. The van der Waals surface area contributed by atoms with Crippen molar-refractivity contribution in [2.75, 3.05) is 26.7 Å². The molecule has 1 unspecified atom stereocenters. The number of methoxy groups -OCH3 is 1. The first kappa shape index (κ1) is 23.3. The summed E-state index contributed by atoms with van der Waals surface area (Å²) in [5.74, 6) is 0.678. The minimum absolute atomic E-state index is 0.338. The average Bonchev–Trinajstić information content (AvgIpc) is 3.31. The number of hydrogen-bond donors (Lipinski definition) is 2. The van der Waals surface area contributed by atoms with Gasteiger partial charge in [-0.2, -0.15) is 0 Å². The van der Waals surface area contributed by atoms with Crippen molar-refractivity contribution in [1.29, 1.82) is 0 Å². The van der Waals surface area contributed by atoms with Crippen LogP contribution >= 0.6 is 11.6 Å². The number of carbonyl (C=O) groups is 1. The van der Waals surface area contributed by atoms with Crippen molar-refractivity contribution in [3.63, 3.8) is 0 Å². The van der Waals surface area contributed by atoms with Crippen LogP contribution in [0, 0.1) is 11.3 Å². The van der Waals surface area contributed by atoms with Crippen LogP contribution in [0.3, 0.4) is 0 Å². The van der Waals surface area contributed by atoms with E-state index in [-0.39, 0.29) is 0 Å². The Balaban J connectivity index is 1.45. The minimum atomic E-state index is -0.868. The highest BCUT2D eigenvalue weighted by atomic mass is 35.5. The predicted molar refractivity (Wildman–Crippen MR) is 125 cm³/mol. The number of ether oxygens (including phenoxy) is 1. The molecular formula is C25H33ClN2O4. The molecular weight excluding hydrogens is 428 g/mol. The number of halogens is 1. The average molecular weight is 461 g/mol. The zero-order valence-electron chi connectivity index (χ0n) is 18.7. The van der Waals surface area contributed by atoms with Gasteiger partial charge in [-0.3, -0.25) is 9.78 Å². The molecule has 0 amide bonds. The number of nitrogens with zero attached hydrogens (tertiary/aromatic N) is 2. The quantitative estimate of drug-likeness (QED) is 0.572. The smallest absolute Gasteiger partial charge is 0.309 e. The molecule has 0 radical (unpaired) electrons. The summed E-state index contributed by atoms with van der Waals surface area (Å²) < 4.78 is 5.32. The number of aliphatic hydroxyl groups excluding tert-OH is 1. The molecule has 1 saturated heterocycles. The number of benzene rings is 1. The second-order valence-electron chi connectivity index (χ2n) is 9.49. The van der Waals surface area contributed by atoms with Crippen molar-refractivity contribution in [3.05, 3.63) is 35.0 Å². The van der Waals surface area contributed by atoms with Gasteiger partial charge >= 0.3 is 5.97 Å². The fourth-order valence-electron chi connectivity index (χ4n) is 5.48. The molecule has 1 atom stereocenters. The van der Waals surface area contributed by atoms with Crippen molar-refractivity contribution < 1.29 is 19.7 Å². The van der Waals surface area contributed by atoms with Gasteiger partial charge in [-0.15, -0.1) is 0 Å². The predicted octanol–water partition coefficient (Wildman–Crippen LogP) is 5.07. The highest BCUT2D eigenvalue weighted by Crippen LogP contribution is 2.41. The topological polar surface area (TPSA) is 82.9 Å². The summed E-state index contributed by atoms with van der Waals surface area (Å²) in [5.41, 5.74) is 0.521. The van der Waals surface area contributed by atoms with Gasteiger partial charge in [-0.25, -0.2) is 0 Å². The lowest BCUT2D eigenvalue weighted by atomic mass is 9.74. The summed E-state index contributed by atoms with van der Waals surface area (Å²) in [6.07, 6.45) is 7.95. The van der Waals surface area contributed by atoms with Gasteiger partial charge in [0.05, 0.1) is 29.2 Å². The number of hydrogen-bond acceptors (Lipinski definition) is 5. The van der Waals surface area contributed by atoms with Gasteiger partial charge in [-0.05, 0) is 75.7 Å². The van der Waals surface area contributed by atoms with Crippen LogP contribution in [0.1, 0.15) is 63.0 Å². The second kappa shape index (κ2) is 9.94. The number of rotatable bonds is 8. The number of fused-ring (bicyclic) bond motifs is 1. The van der Waals surface area contributed by atoms with E-state index in [1.807, 2.05) is 18.2 Å². The molecule has 2 aliphatic rings. The number of aliphatic hydroxyl groups is 1. The van der Waals surface area contributed by atoms with Crippen molar-refractivity contribution >= 4 is 28.5 Å². The van der Waals surface area contributed by atoms with Gasteiger partial charge in [0, 0.05) is 23.7 Å². The molecule has 2 fully saturated rings. The van der Waals surface area contributed by atoms with E-state index in [1.165, 1.54) is 25.7 Å². The fraction of sp³-hybridized carbons (Fsp3) is 0.600. The van der Waals surface area contributed by atoms with E-state index >= 15 is 0 Å². The first-order valence-corrected chi connectivity index (χ1v) is 12.1. The number of piperidine rings is 1. The van der Waals surface area contributed by atoms with Crippen LogP contribution in [0.5, 0.6) is 5.75 Å². The Morgan fingerprint density at radius 1 is 1.31 bits per heavy atom. The summed E-state index contributed by atoms with van der Waals surface area (Å²) in [5, 5.41) is 22.3. The summed E-state index contributed by atoms with van der Waals surface area (Å²) in [7, 11) is 1.59. The van der Waals surface area contributed by atoms with Crippen molar-refractivity contribution in [2.45, 2.75) is 57.5 Å². The van der Waals surface area contributed by atoms with E-state index in [2.05, 4.69) is 9.88 Å². The molecule has 1 aliphatic carbocycles. The zero-order valence-corrected chi connectivity index (χ0v) is 19.5. The molecule has 1 aromatic heterocycles. The van der Waals surface area contributed by atoms with Gasteiger partial charge < -0.3 is 19.8 Å². The Bertz CT molecular complexity index is 952. The molecule has 2 aromatic rings. The SMILES string of the molecule is COc1ccc2ncc(Cl)c(C(O)CCC3(C(=O)O)CCN(CC4CCCC4)CC3)c2c1. The molecule has 32 heavy (non-hydrogen) atoms. The molecule has 1 saturated carbocycles. The molecule has 2 heterocycles. The Morgan fingerprint density at radius 3 is 2.69 bits per heavy atom. The van der Waals surface area contributed by atoms with Gasteiger partial charge in [0.15, 0.2) is 0 Å². The van der Waals surface area contributed by atoms with Crippen LogP contribution in [-0.4, -0.2) is 52.8 Å². The monoisotopic (exact) mass is 460 g/mol. The van der Waals surface area contributed by atoms with Crippen LogP contribution < -0.4 is 4.74 Å². The normalized spacial score (nSPS) is 20.5. The lowest BCUT2D eigenvalue weighted by Crippen LogP contribution is -2.45. The van der Waals surface area contributed by atoms with E-state index in [9.17, 15) is 15.0 Å². The largest absolute Gasteiger partial charge is 0.497 e. The summed E-state index contributed by atoms with van der Waals surface area (Å²) in [6, 6.07) is 5.47. The van der Waals surface area contributed by atoms with E-state index in [1.54, 1.807) is 13.3 Å². The standard InChI is InChI=1S/C25H33ClN2O4/c1-32-18-6-7-21-19(14-18)23(20(26)15-27-21)22(29)8-9-25(24(30)31)10-12-28(13-11-25)16-17-4-2-3-5-17/h6-7,14-15,17,22,29H,2-5,8-13,16H2,1H3,(H,30,31). The first-order valence-electron chi connectivity index (χ1n) is 11.7. The first-order chi connectivity index (χ1) is 15.4. The maximum Gasteiger partial charge on any atom is 0.309 e. The third-order valence-corrected chi connectivity index (χ3v) is 7.86. The number of aliphatic carboxylic acids is 1. The zero-order chi connectivity index (χ0) is 22.7. The number of carboxylic acids is 1. The lowest BCUT2D eigenvalue weighted by molar-refractivity contribution is -0.153. The van der Waals surface area contributed by atoms with Gasteiger partial charge in [0.25, 0.3) is 0 Å². The van der Waals surface area contributed by atoms with Crippen LogP contribution in [0.15, 0.2) is 24.4 Å². The van der Waals surface area contributed by atoms with E-state index in [0.29, 0.717) is 42.0 Å². The van der Waals surface area contributed by atoms with Crippen molar-refractivity contribution in [3.8, 4) is 5.75 Å². The minimum Gasteiger partial charge on any atom is -0.497 e. The lowest BCUT2D eigenvalue weighted by Gasteiger charge is -2.40. The molecule has 1 aromatic carbocycles. The molecule has 6 nitrogen and oxygen atoms in total. The van der Waals surface area contributed by atoms with Crippen molar-refractivity contribution in [1.82, 2.24) is 9.88 Å². The number of aromatic nitrogens is 1. The number of likely N-dealkylation sites (tertiary alicyclic amines) is 1. The third kappa shape index (κ3) is 4.87. The number of carboxylic acid groups (broad SMARTS) is 1.